The number of para-hydroxylation sites is 1. The van der Waals surface area contributed by atoms with Crippen molar-refractivity contribution in [1.29, 1.82) is 0 Å². The van der Waals surface area contributed by atoms with E-state index in [1.165, 1.54) is 24.0 Å². The van der Waals surface area contributed by atoms with Crippen molar-refractivity contribution in [1.82, 2.24) is 19.6 Å². The largest absolute Gasteiger partial charge is 0.464 e. The summed E-state index contributed by atoms with van der Waals surface area (Å²) >= 11 is 0. The van der Waals surface area contributed by atoms with Crippen LogP contribution in [0.25, 0.3) is 11.0 Å². The Morgan fingerprint density at radius 3 is 2.68 bits per heavy atom. The summed E-state index contributed by atoms with van der Waals surface area (Å²) in [7, 11) is -4.29. The molecule has 0 radical (unpaired) electrons. The Hall–Kier alpha value is -3.50. The summed E-state index contributed by atoms with van der Waals surface area (Å²) in [5.74, 6) is 1.93. The number of hydrogen-bond donors (Lipinski definition) is 4. The molecule has 0 bridgehead atoms. The number of hydrogen-bond acceptors (Lipinski definition) is 11. The van der Waals surface area contributed by atoms with E-state index in [0.29, 0.717) is 11.0 Å². The van der Waals surface area contributed by atoms with E-state index in [1.54, 1.807) is 36.4 Å². The van der Waals surface area contributed by atoms with Gasteiger partial charge in [-0.15, -0.1) is 6.42 Å². The molecule has 5 N–H and O–H groups in total. The van der Waals surface area contributed by atoms with Crippen LogP contribution in [0.4, 0.5) is 5.82 Å². The van der Waals surface area contributed by atoms with Crippen LogP contribution in [-0.2, 0) is 23.4 Å². The molecule has 1 aliphatic rings. The summed E-state index contributed by atoms with van der Waals surface area (Å²) in [4.78, 5) is 20.7. The molecule has 0 spiro atoms. The van der Waals surface area contributed by atoms with E-state index in [0.717, 1.165) is 0 Å². The van der Waals surface area contributed by atoms with Gasteiger partial charge in [-0.05, 0) is 30.5 Å². The van der Waals surface area contributed by atoms with Crippen LogP contribution in [-0.4, -0.2) is 67.8 Å². The van der Waals surface area contributed by atoms with Crippen LogP contribution in [0.1, 0.15) is 33.9 Å². The van der Waals surface area contributed by atoms with E-state index in [9.17, 15) is 19.6 Å². The third kappa shape index (κ3) is 6.70. The highest BCUT2D eigenvalue weighted by Crippen LogP contribution is 2.47. The Bertz CT molecular complexity index is 1470. The lowest BCUT2D eigenvalue weighted by atomic mass is 9.95. The molecular formula is C27H34N5O8P. The number of nitrogens with two attached hydrogens (primary N) is 1. The predicted octanol–water partition coefficient (Wildman–Crippen LogP) is 2.41. The van der Waals surface area contributed by atoms with Crippen LogP contribution < -0.4 is 15.3 Å². The van der Waals surface area contributed by atoms with Gasteiger partial charge in [-0.3, -0.25) is 9.32 Å². The Labute approximate surface area is 237 Å². The van der Waals surface area contributed by atoms with E-state index in [4.69, 9.17) is 30.7 Å². The molecule has 2 aromatic heterocycles. The van der Waals surface area contributed by atoms with Crippen molar-refractivity contribution in [2.24, 2.45) is 5.41 Å². The number of anilines is 1. The molecule has 3 aromatic rings. The quantitative estimate of drug-likeness (QED) is 0.155. The number of rotatable bonds is 10. The molecule has 13 nitrogen and oxygen atoms in total. The fourth-order valence-electron chi connectivity index (χ4n) is 4.10. The third-order valence-electron chi connectivity index (χ3n) is 6.24. The van der Waals surface area contributed by atoms with Gasteiger partial charge in [-0.25, -0.2) is 14.5 Å². The maximum atomic E-state index is 13.9. The number of nitrogen functional groups attached to an aromatic ring is 1. The number of nitrogens with one attached hydrogen (secondary N) is 1. The van der Waals surface area contributed by atoms with Crippen molar-refractivity contribution in [2.75, 3.05) is 18.9 Å². The zero-order valence-corrected chi connectivity index (χ0v) is 24.0. The second kappa shape index (κ2) is 11.8. The molecule has 0 aliphatic carbocycles. The van der Waals surface area contributed by atoms with Gasteiger partial charge in [0.1, 0.15) is 41.8 Å². The molecule has 1 unspecified atom stereocenters. The van der Waals surface area contributed by atoms with Crippen molar-refractivity contribution < 1.29 is 38.1 Å². The van der Waals surface area contributed by atoms with E-state index < -0.39 is 50.4 Å². The minimum Gasteiger partial charge on any atom is -0.464 e. The van der Waals surface area contributed by atoms with E-state index >= 15 is 0 Å². The molecule has 3 heterocycles. The second-order valence-corrected chi connectivity index (χ2v) is 12.6. The van der Waals surface area contributed by atoms with Gasteiger partial charge in [-0.2, -0.15) is 5.09 Å². The number of aromatic nitrogens is 3. The Morgan fingerprint density at radius 2 is 2.02 bits per heavy atom. The average molecular weight is 588 g/mol. The van der Waals surface area contributed by atoms with Crippen LogP contribution in [0.15, 0.2) is 48.9 Å². The van der Waals surface area contributed by atoms with Crippen LogP contribution in [0.5, 0.6) is 5.75 Å². The number of ether oxygens (including phenoxy) is 2. The van der Waals surface area contributed by atoms with Gasteiger partial charge >= 0.3 is 13.7 Å². The van der Waals surface area contributed by atoms with Crippen molar-refractivity contribution in [2.45, 2.75) is 57.8 Å². The number of carbonyl (C=O) groups excluding carboxylic acids is 1. The van der Waals surface area contributed by atoms with E-state index in [-0.39, 0.29) is 23.6 Å². The lowest BCUT2D eigenvalue weighted by Gasteiger charge is -2.27. The van der Waals surface area contributed by atoms with Crippen LogP contribution in [0, 0.1) is 17.8 Å². The lowest BCUT2D eigenvalue weighted by molar-refractivity contribution is -0.148. The number of terminal acetylenes is 1. The molecule has 6 atom stereocenters. The minimum absolute atomic E-state index is 0.140. The van der Waals surface area contributed by atoms with Gasteiger partial charge in [-0.1, -0.05) is 44.9 Å². The van der Waals surface area contributed by atoms with Gasteiger partial charge in [0.05, 0.1) is 18.6 Å². The summed E-state index contributed by atoms with van der Waals surface area (Å²) in [6, 6.07) is 8.71. The van der Waals surface area contributed by atoms with Crippen LogP contribution >= 0.6 is 7.75 Å². The number of benzene rings is 1. The van der Waals surface area contributed by atoms with Gasteiger partial charge in [0.25, 0.3) is 0 Å². The van der Waals surface area contributed by atoms with Crippen LogP contribution in [0.2, 0.25) is 0 Å². The topological polar surface area (TPSA) is 180 Å². The zero-order valence-electron chi connectivity index (χ0n) is 23.1. The first-order valence-electron chi connectivity index (χ1n) is 12.8. The van der Waals surface area contributed by atoms with Crippen LogP contribution in [0.3, 0.4) is 0 Å². The first-order valence-corrected chi connectivity index (χ1v) is 14.3. The molecule has 1 saturated heterocycles. The SMILES string of the molecule is C#C[C@@]1(O)[C@H](O)[C@@H](COP(=O)(N[C@@H](C)C(=O)OCC(C)(C)C)Oc2ccccc2)O[C@H]1n1ccc2c(N)ncnc21. The summed E-state index contributed by atoms with van der Waals surface area (Å²) in [6.07, 6.45) is 4.17. The predicted molar refractivity (Wildman–Crippen MR) is 149 cm³/mol. The Kier molecular flexibility index (Phi) is 8.75. The molecule has 1 aromatic carbocycles. The van der Waals surface area contributed by atoms with E-state index in [1.807, 2.05) is 20.8 Å². The first kappa shape index (κ1) is 30.5. The maximum absolute atomic E-state index is 13.9. The second-order valence-electron chi connectivity index (χ2n) is 10.9. The third-order valence-corrected chi connectivity index (χ3v) is 7.88. The molecule has 4 rings (SSSR count). The number of aliphatic hydroxyl groups is 2. The van der Waals surface area contributed by atoms with Gasteiger partial charge in [0, 0.05) is 6.20 Å². The number of fused-ring (bicyclic) bond motifs is 1. The number of aliphatic hydroxyl groups excluding tert-OH is 1. The smallest absolute Gasteiger partial charge is 0.459 e. The highest BCUT2D eigenvalue weighted by atomic mass is 31.2. The number of esters is 1. The minimum atomic E-state index is -4.29. The van der Waals surface area contributed by atoms with Crippen molar-refractivity contribution in [3.8, 4) is 18.1 Å². The number of carbonyl (C=O) groups is 1. The summed E-state index contributed by atoms with van der Waals surface area (Å²) < 4.78 is 37.9. The average Bonchev–Trinajstić information content (AvgIpc) is 3.46. The normalized spacial score (nSPS) is 24.9. The molecule has 220 valence electrons. The lowest BCUT2D eigenvalue weighted by Crippen LogP contribution is -2.46. The molecule has 14 heteroatoms. The maximum Gasteiger partial charge on any atom is 0.459 e. The number of nitrogens with zero attached hydrogens (tertiary/aromatic N) is 3. The zero-order chi connectivity index (χ0) is 30.0. The fraction of sp³-hybridized carbons (Fsp3) is 0.444. The molecule has 0 amide bonds. The fourth-order valence-corrected chi connectivity index (χ4v) is 5.60. The summed E-state index contributed by atoms with van der Waals surface area (Å²) in [5.41, 5.74) is 3.73. The summed E-state index contributed by atoms with van der Waals surface area (Å²) in [5, 5.41) is 25.4. The Balaban J connectivity index is 1.55. The molecule has 1 fully saturated rings. The van der Waals surface area contributed by atoms with Gasteiger partial charge < -0.3 is 34.5 Å². The molecule has 41 heavy (non-hydrogen) atoms. The van der Waals surface area contributed by atoms with E-state index in [2.05, 4.69) is 21.0 Å². The highest BCUT2D eigenvalue weighted by molar-refractivity contribution is 7.52. The molecule has 1 aliphatic heterocycles. The standard InChI is InChI=1S/C27H34N5O8P/c1-6-27(35)21(33)20(39-25(27)32-13-12-19-22(28)29-16-30-23(19)32)14-38-41(36,40-18-10-8-7-9-11-18)31-17(2)24(34)37-15-26(3,4)5/h1,7-13,16-17,20-21,25,33,35H,14-15H2,2-5H3,(H,31,36)(H2,28,29,30)/t17-,20+,21+,25+,27+,41?/m0/s1. The Morgan fingerprint density at radius 1 is 1.32 bits per heavy atom. The van der Waals surface area contributed by atoms with Crippen molar-refractivity contribution in [3.63, 3.8) is 0 Å². The monoisotopic (exact) mass is 587 g/mol. The van der Waals surface area contributed by atoms with Crippen molar-refractivity contribution in [3.05, 3.63) is 48.9 Å². The van der Waals surface area contributed by atoms with Gasteiger partial charge in [0.15, 0.2) is 11.8 Å². The summed E-state index contributed by atoms with van der Waals surface area (Å²) in [6.45, 7) is 6.76. The molecule has 0 saturated carbocycles. The first-order chi connectivity index (χ1) is 19.3. The highest BCUT2D eigenvalue weighted by Gasteiger charge is 2.56. The molecular weight excluding hydrogens is 553 g/mol. The van der Waals surface area contributed by atoms with Crippen molar-refractivity contribution >= 4 is 30.6 Å². The van der Waals surface area contributed by atoms with Gasteiger partial charge in [0.2, 0.25) is 0 Å².